The first-order valence-corrected chi connectivity index (χ1v) is 18.5. The van der Waals surface area contributed by atoms with Crippen LogP contribution in [0.15, 0.2) is 194 Å². The number of aromatic nitrogens is 3. The fourth-order valence-corrected chi connectivity index (χ4v) is 8.08. The zero-order valence-electron chi connectivity index (χ0n) is 30.2. The Balaban J connectivity index is 1.15. The van der Waals surface area contributed by atoms with E-state index in [9.17, 15) is 0 Å². The standard InChI is InChI=1S/C51H32N4O/c1-52-41-29-26-35(27-30-41)48-53-49(55-50(54-48)43-23-13-15-34-14-8-9-22-42(34)43)38-17-12-16-36(32-38)37-28-31-47-45(33-37)51(39-18-4-2-5-19-39,40-20-6-3-7-21-40)44-24-10-11-25-46(44)56-47/h2-33H. The molecular weight excluding hydrogens is 685 g/mol. The van der Waals surface area contributed by atoms with E-state index in [0.29, 0.717) is 23.2 Å². The van der Waals surface area contributed by atoms with Gasteiger partial charge in [-0.3, -0.25) is 0 Å². The number of hydrogen-bond donors (Lipinski definition) is 0. The van der Waals surface area contributed by atoms with Crippen molar-refractivity contribution in [3.8, 4) is 56.8 Å². The van der Waals surface area contributed by atoms with E-state index in [1.54, 1.807) is 12.1 Å². The Morgan fingerprint density at radius 3 is 1.77 bits per heavy atom. The third kappa shape index (κ3) is 5.52. The quantitative estimate of drug-likeness (QED) is 0.161. The third-order valence-electron chi connectivity index (χ3n) is 10.7. The SMILES string of the molecule is [C-]#[N+]c1ccc(-c2nc(-c3cccc(-c4ccc5c(c4)C(c4ccccc4)(c4ccccc4)c4ccccc4O5)c3)nc(-c3cccc4ccccc34)n2)cc1. The van der Waals surface area contributed by atoms with Crippen molar-refractivity contribution in [3.63, 3.8) is 0 Å². The lowest BCUT2D eigenvalue weighted by atomic mass is 9.63. The van der Waals surface area contributed by atoms with Gasteiger partial charge in [0.05, 0.1) is 12.0 Å². The summed E-state index contributed by atoms with van der Waals surface area (Å²) in [6.07, 6.45) is 0. The van der Waals surface area contributed by atoms with Crippen LogP contribution in [-0.4, -0.2) is 15.0 Å². The van der Waals surface area contributed by atoms with Gasteiger partial charge in [0, 0.05) is 27.8 Å². The summed E-state index contributed by atoms with van der Waals surface area (Å²) in [4.78, 5) is 18.8. The van der Waals surface area contributed by atoms with Gasteiger partial charge in [0.1, 0.15) is 11.5 Å². The van der Waals surface area contributed by atoms with Gasteiger partial charge >= 0.3 is 0 Å². The van der Waals surface area contributed by atoms with Gasteiger partial charge < -0.3 is 4.74 Å². The molecule has 0 fully saturated rings. The first-order chi connectivity index (χ1) is 27.7. The second kappa shape index (κ2) is 13.6. The molecule has 5 heteroatoms. The van der Waals surface area contributed by atoms with Gasteiger partial charge in [-0.15, -0.1) is 0 Å². The number of benzene rings is 8. The summed E-state index contributed by atoms with van der Waals surface area (Å²) in [5, 5.41) is 2.17. The van der Waals surface area contributed by atoms with Gasteiger partial charge in [-0.1, -0.05) is 170 Å². The minimum Gasteiger partial charge on any atom is -0.457 e. The summed E-state index contributed by atoms with van der Waals surface area (Å²) in [5.74, 6) is 3.36. The fraction of sp³-hybridized carbons (Fsp3) is 0.0196. The summed E-state index contributed by atoms with van der Waals surface area (Å²) in [7, 11) is 0. The Labute approximate surface area is 325 Å². The summed E-state index contributed by atoms with van der Waals surface area (Å²) in [5.41, 5.74) is 9.10. The number of rotatable bonds is 6. The Morgan fingerprint density at radius 1 is 0.429 bits per heavy atom. The molecule has 0 N–H and O–H groups in total. The van der Waals surface area contributed by atoms with Crippen LogP contribution in [0, 0.1) is 6.57 Å². The van der Waals surface area contributed by atoms with Crippen molar-refractivity contribution in [2.45, 2.75) is 5.41 Å². The fourth-order valence-electron chi connectivity index (χ4n) is 8.08. The zero-order chi connectivity index (χ0) is 37.5. The van der Waals surface area contributed by atoms with Crippen molar-refractivity contribution < 1.29 is 4.74 Å². The van der Waals surface area contributed by atoms with Crippen LogP contribution in [0.2, 0.25) is 0 Å². The molecule has 0 saturated heterocycles. The highest BCUT2D eigenvalue weighted by atomic mass is 16.5. The normalized spacial score (nSPS) is 12.6. The highest BCUT2D eigenvalue weighted by Crippen LogP contribution is 2.55. The molecule has 1 aliphatic rings. The maximum Gasteiger partial charge on any atom is 0.187 e. The van der Waals surface area contributed by atoms with E-state index in [1.807, 2.05) is 42.5 Å². The molecule has 9 aromatic rings. The maximum absolute atomic E-state index is 7.45. The summed E-state index contributed by atoms with van der Waals surface area (Å²) < 4.78 is 6.67. The van der Waals surface area contributed by atoms with Crippen LogP contribution in [0.25, 0.3) is 60.9 Å². The van der Waals surface area contributed by atoms with Gasteiger partial charge in [-0.25, -0.2) is 19.8 Å². The number of fused-ring (bicyclic) bond motifs is 3. The molecule has 0 unspecified atom stereocenters. The Kier molecular flexibility index (Phi) is 8.01. The molecule has 1 aromatic heterocycles. The highest BCUT2D eigenvalue weighted by Gasteiger charge is 2.45. The Hall–Kier alpha value is -7.68. The molecule has 56 heavy (non-hydrogen) atoms. The zero-order valence-corrected chi connectivity index (χ0v) is 30.2. The van der Waals surface area contributed by atoms with Crippen molar-refractivity contribution in [1.29, 1.82) is 0 Å². The predicted octanol–water partition coefficient (Wildman–Crippen LogP) is 12.7. The largest absolute Gasteiger partial charge is 0.457 e. The summed E-state index contributed by atoms with van der Waals surface area (Å²) in [6.45, 7) is 7.45. The molecule has 0 bridgehead atoms. The number of hydrogen-bond acceptors (Lipinski definition) is 4. The molecule has 262 valence electrons. The molecule has 0 spiro atoms. The monoisotopic (exact) mass is 716 g/mol. The molecule has 1 aliphatic heterocycles. The molecule has 0 aliphatic carbocycles. The smallest absolute Gasteiger partial charge is 0.187 e. The maximum atomic E-state index is 7.45. The van der Waals surface area contributed by atoms with Gasteiger partial charge in [0.2, 0.25) is 0 Å². The van der Waals surface area contributed by atoms with E-state index >= 15 is 0 Å². The first-order valence-electron chi connectivity index (χ1n) is 18.5. The van der Waals surface area contributed by atoms with Crippen LogP contribution >= 0.6 is 0 Å². The van der Waals surface area contributed by atoms with Gasteiger partial charge in [-0.2, -0.15) is 0 Å². The van der Waals surface area contributed by atoms with Crippen LogP contribution in [-0.2, 0) is 5.41 Å². The summed E-state index contributed by atoms with van der Waals surface area (Å²) >= 11 is 0. The van der Waals surface area contributed by atoms with Gasteiger partial charge in [0.25, 0.3) is 0 Å². The minimum atomic E-state index is -0.625. The summed E-state index contributed by atoms with van der Waals surface area (Å²) in [6, 6.07) is 66.6. The lowest BCUT2D eigenvalue weighted by Crippen LogP contribution is -2.34. The van der Waals surface area contributed by atoms with Crippen molar-refractivity contribution in [2.75, 3.05) is 0 Å². The lowest BCUT2D eigenvalue weighted by Gasteiger charge is -2.41. The number of nitrogens with zero attached hydrogens (tertiary/aromatic N) is 4. The topological polar surface area (TPSA) is 52.3 Å². The molecule has 8 aromatic carbocycles. The molecule has 0 saturated carbocycles. The van der Waals surface area contributed by atoms with Crippen molar-refractivity contribution in [2.24, 2.45) is 0 Å². The number of ether oxygens (including phenoxy) is 1. The van der Waals surface area contributed by atoms with Crippen molar-refractivity contribution >= 4 is 16.5 Å². The van der Waals surface area contributed by atoms with Crippen LogP contribution in [0.4, 0.5) is 5.69 Å². The first kappa shape index (κ1) is 32.9. The minimum absolute atomic E-state index is 0.542. The van der Waals surface area contributed by atoms with Gasteiger partial charge in [0.15, 0.2) is 23.2 Å². The van der Waals surface area contributed by atoms with Crippen LogP contribution < -0.4 is 4.74 Å². The third-order valence-corrected chi connectivity index (χ3v) is 10.7. The van der Waals surface area contributed by atoms with E-state index in [4.69, 9.17) is 26.3 Å². The van der Waals surface area contributed by atoms with Crippen LogP contribution in [0.3, 0.4) is 0 Å². The van der Waals surface area contributed by atoms with E-state index < -0.39 is 5.41 Å². The predicted molar refractivity (Wildman–Crippen MR) is 224 cm³/mol. The van der Waals surface area contributed by atoms with E-state index in [-0.39, 0.29) is 0 Å². The molecule has 0 amide bonds. The molecule has 0 radical (unpaired) electrons. The van der Waals surface area contributed by atoms with E-state index in [2.05, 4.69) is 144 Å². The van der Waals surface area contributed by atoms with Crippen LogP contribution in [0.1, 0.15) is 22.3 Å². The number of para-hydroxylation sites is 1. The molecule has 10 rings (SSSR count). The van der Waals surface area contributed by atoms with Crippen LogP contribution in [0.5, 0.6) is 11.5 Å². The Bertz CT molecular complexity index is 2910. The average molecular weight is 717 g/mol. The second-order valence-electron chi connectivity index (χ2n) is 13.9. The average Bonchev–Trinajstić information content (AvgIpc) is 3.28. The molecule has 0 atom stereocenters. The van der Waals surface area contributed by atoms with Crippen molar-refractivity contribution in [3.05, 3.63) is 228 Å². The Morgan fingerprint density at radius 2 is 1.00 bits per heavy atom. The lowest BCUT2D eigenvalue weighted by molar-refractivity contribution is 0.434. The highest BCUT2D eigenvalue weighted by molar-refractivity contribution is 5.95. The van der Waals surface area contributed by atoms with Crippen molar-refractivity contribution in [1.82, 2.24) is 15.0 Å². The van der Waals surface area contributed by atoms with E-state index in [1.165, 1.54) is 0 Å². The molecular formula is C51H32N4O. The molecule has 5 nitrogen and oxygen atoms in total. The second-order valence-corrected chi connectivity index (χ2v) is 13.9. The molecule has 2 heterocycles. The van der Waals surface area contributed by atoms with Gasteiger partial charge in [-0.05, 0) is 57.3 Å². The van der Waals surface area contributed by atoms with E-state index in [0.717, 1.165) is 72.3 Å².